The van der Waals surface area contributed by atoms with Crippen LogP contribution in [0, 0.1) is 0 Å². The average molecular weight is 736 g/mol. The predicted octanol–water partition coefficient (Wildman–Crippen LogP) is 16.4. The van der Waals surface area contributed by atoms with Gasteiger partial charge in [-0.1, -0.05) is 171 Å². The SMILES string of the molecule is c1cc(-c2cccc3c2ccc2ccccc23)cc(N(c2ccccc2-c2cccc3cccc(C4CCCCC4)c23)c2cccc3c2sc2ccccc23)c1. The molecular weight excluding hydrogens is 695 g/mol. The monoisotopic (exact) mass is 735 g/mol. The van der Waals surface area contributed by atoms with Crippen molar-refractivity contribution in [2.75, 3.05) is 4.90 Å². The molecule has 1 heterocycles. The van der Waals surface area contributed by atoms with Crippen LogP contribution in [0.3, 0.4) is 0 Å². The Kier molecular flexibility index (Phi) is 8.18. The number of hydrogen-bond donors (Lipinski definition) is 0. The van der Waals surface area contributed by atoms with Crippen LogP contribution in [0.1, 0.15) is 43.6 Å². The van der Waals surface area contributed by atoms with Crippen molar-refractivity contribution in [2.24, 2.45) is 0 Å². The molecule has 0 bridgehead atoms. The third-order valence-corrected chi connectivity index (χ3v) is 13.5. The summed E-state index contributed by atoms with van der Waals surface area (Å²) in [7, 11) is 0. The van der Waals surface area contributed by atoms with Crippen LogP contribution in [0.2, 0.25) is 0 Å². The quantitative estimate of drug-likeness (QED) is 0.154. The number of thiophene rings is 1. The van der Waals surface area contributed by atoms with Crippen molar-refractivity contribution in [2.45, 2.75) is 38.0 Å². The minimum absolute atomic E-state index is 0.596. The number of hydrogen-bond acceptors (Lipinski definition) is 2. The Morgan fingerprint density at radius 2 is 1.09 bits per heavy atom. The van der Waals surface area contributed by atoms with Gasteiger partial charge < -0.3 is 4.90 Å². The molecule has 11 rings (SSSR count). The number of rotatable bonds is 6. The number of nitrogens with zero attached hydrogens (tertiary/aromatic N) is 1. The average Bonchev–Trinajstić information content (AvgIpc) is 3.66. The minimum atomic E-state index is 0.596. The maximum absolute atomic E-state index is 2.54. The third kappa shape index (κ3) is 5.51. The van der Waals surface area contributed by atoms with Crippen molar-refractivity contribution in [3.8, 4) is 22.3 Å². The molecule has 10 aromatic rings. The van der Waals surface area contributed by atoms with Crippen molar-refractivity contribution >= 4 is 80.9 Å². The second kappa shape index (κ2) is 13.8. The maximum Gasteiger partial charge on any atom is 0.0640 e. The molecule has 1 aliphatic carbocycles. The molecule has 0 amide bonds. The molecule has 0 aliphatic heterocycles. The summed E-state index contributed by atoms with van der Waals surface area (Å²) in [5, 5.41) is 10.5. The lowest BCUT2D eigenvalue weighted by molar-refractivity contribution is 0.445. The first kappa shape index (κ1) is 33.1. The first-order valence-electron chi connectivity index (χ1n) is 20.1. The Morgan fingerprint density at radius 1 is 0.429 bits per heavy atom. The summed E-state index contributed by atoms with van der Waals surface area (Å²) >= 11 is 1.89. The lowest BCUT2D eigenvalue weighted by Gasteiger charge is -2.30. The molecule has 0 saturated heterocycles. The van der Waals surface area contributed by atoms with Gasteiger partial charge in [-0.25, -0.2) is 0 Å². The Bertz CT molecular complexity index is 3090. The van der Waals surface area contributed by atoms with Crippen molar-refractivity contribution in [1.82, 2.24) is 0 Å². The summed E-state index contributed by atoms with van der Waals surface area (Å²) < 4.78 is 2.61. The Morgan fingerprint density at radius 3 is 2.02 bits per heavy atom. The van der Waals surface area contributed by atoms with Crippen molar-refractivity contribution in [3.63, 3.8) is 0 Å². The van der Waals surface area contributed by atoms with Crippen LogP contribution >= 0.6 is 11.3 Å². The first-order valence-corrected chi connectivity index (χ1v) is 20.9. The molecule has 0 atom stereocenters. The van der Waals surface area contributed by atoms with Gasteiger partial charge in [-0.2, -0.15) is 0 Å². The number of para-hydroxylation sites is 1. The highest BCUT2D eigenvalue weighted by Crippen LogP contribution is 2.49. The first-order chi connectivity index (χ1) is 27.8. The van der Waals surface area contributed by atoms with E-state index in [9.17, 15) is 0 Å². The van der Waals surface area contributed by atoms with Gasteiger partial charge in [-0.3, -0.25) is 0 Å². The second-order valence-corrected chi connectivity index (χ2v) is 16.5. The largest absolute Gasteiger partial charge is 0.308 e. The highest BCUT2D eigenvalue weighted by Gasteiger charge is 2.24. The van der Waals surface area contributed by atoms with E-state index in [0.29, 0.717) is 5.92 Å². The molecule has 0 unspecified atom stereocenters. The topological polar surface area (TPSA) is 3.24 Å². The van der Waals surface area contributed by atoms with E-state index in [4.69, 9.17) is 0 Å². The van der Waals surface area contributed by atoms with Crippen molar-refractivity contribution in [3.05, 3.63) is 188 Å². The van der Waals surface area contributed by atoms with Crippen LogP contribution in [-0.2, 0) is 0 Å². The Labute approximate surface area is 332 Å². The smallest absolute Gasteiger partial charge is 0.0640 e. The van der Waals surface area contributed by atoms with E-state index in [1.54, 1.807) is 0 Å². The summed E-state index contributed by atoms with van der Waals surface area (Å²) in [6.45, 7) is 0. The standard InChI is InChI=1S/C54H41NS/c1-2-15-36(16-3-1)43-26-11-18-38-19-12-28-48(53(38)43)46-23-6-8-30-50(46)55(51-31-14-29-49-47-24-7-9-32-52(47)56-54(49)51)40-21-10-20-39(35-40)42-25-13-27-44-41-22-5-4-17-37(41)33-34-45(42)44/h4-14,17-36H,1-3,15-16H2. The zero-order valence-electron chi connectivity index (χ0n) is 31.3. The van der Waals surface area contributed by atoms with Gasteiger partial charge in [-0.15, -0.1) is 11.3 Å². The summed E-state index contributed by atoms with van der Waals surface area (Å²) in [6, 6.07) is 68.0. The number of fused-ring (bicyclic) bond motifs is 7. The van der Waals surface area contributed by atoms with Crippen LogP contribution in [0.25, 0.3) is 74.7 Å². The Balaban J connectivity index is 1.16. The van der Waals surface area contributed by atoms with Gasteiger partial charge >= 0.3 is 0 Å². The third-order valence-electron chi connectivity index (χ3n) is 12.2. The zero-order chi connectivity index (χ0) is 37.0. The fraction of sp³-hybridized carbons (Fsp3) is 0.111. The van der Waals surface area contributed by atoms with Gasteiger partial charge in [0, 0.05) is 26.7 Å². The van der Waals surface area contributed by atoms with Crippen molar-refractivity contribution < 1.29 is 0 Å². The molecule has 1 fully saturated rings. The van der Waals surface area contributed by atoms with E-state index < -0.39 is 0 Å². The molecule has 1 saturated carbocycles. The molecule has 1 nitrogen and oxygen atoms in total. The lowest BCUT2D eigenvalue weighted by atomic mass is 9.80. The normalized spacial score (nSPS) is 13.6. The molecule has 0 spiro atoms. The molecule has 1 aromatic heterocycles. The van der Waals surface area contributed by atoms with Gasteiger partial charge in [0.05, 0.1) is 16.1 Å². The van der Waals surface area contributed by atoms with Crippen LogP contribution in [0.15, 0.2) is 182 Å². The van der Waals surface area contributed by atoms with Crippen LogP contribution < -0.4 is 4.90 Å². The molecule has 0 radical (unpaired) electrons. The van der Waals surface area contributed by atoms with E-state index >= 15 is 0 Å². The summed E-state index contributed by atoms with van der Waals surface area (Å²) in [4.78, 5) is 2.54. The lowest BCUT2D eigenvalue weighted by Crippen LogP contribution is -2.12. The number of anilines is 3. The molecule has 1 aliphatic rings. The summed E-state index contributed by atoms with van der Waals surface area (Å²) in [5.74, 6) is 0.596. The van der Waals surface area contributed by atoms with E-state index in [1.807, 2.05) is 11.3 Å². The second-order valence-electron chi connectivity index (χ2n) is 15.4. The molecule has 0 N–H and O–H groups in total. The Hall–Kier alpha value is -6.22. The van der Waals surface area contributed by atoms with Crippen LogP contribution in [0.5, 0.6) is 0 Å². The van der Waals surface area contributed by atoms with Crippen molar-refractivity contribution in [1.29, 1.82) is 0 Å². The van der Waals surface area contributed by atoms with Crippen LogP contribution in [0.4, 0.5) is 17.1 Å². The van der Waals surface area contributed by atoms with E-state index in [0.717, 1.165) is 5.69 Å². The van der Waals surface area contributed by atoms with E-state index in [-0.39, 0.29) is 0 Å². The fourth-order valence-corrected chi connectivity index (χ4v) is 10.9. The minimum Gasteiger partial charge on any atom is -0.308 e. The highest BCUT2D eigenvalue weighted by molar-refractivity contribution is 7.26. The summed E-state index contributed by atoms with van der Waals surface area (Å²) in [6.07, 6.45) is 6.52. The van der Waals surface area contributed by atoms with Gasteiger partial charge in [0.25, 0.3) is 0 Å². The maximum atomic E-state index is 2.54. The van der Waals surface area contributed by atoms with Gasteiger partial charge in [0.2, 0.25) is 0 Å². The highest BCUT2D eigenvalue weighted by atomic mass is 32.1. The molecule has 9 aromatic carbocycles. The molecular formula is C54H41NS. The zero-order valence-corrected chi connectivity index (χ0v) is 32.1. The van der Waals surface area contributed by atoms with Gasteiger partial charge in [0.15, 0.2) is 0 Å². The van der Waals surface area contributed by atoms with Gasteiger partial charge in [-0.05, 0) is 104 Å². The van der Waals surface area contributed by atoms with Gasteiger partial charge in [0.1, 0.15) is 0 Å². The molecule has 2 heteroatoms. The number of benzene rings is 9. The van der Waals surface area contributed by atoms with E-state index in [2.05, 4.69) is 187 Å². The summed E-state index contributed by atoms with van der Waals surface area (Å²) in [5.41, 5.74) is 10.1. The predicted molar refractivity (Wildman–Crippen MR) is 243 cm³/mol. The fourth-order valence-electron chi connectivity index (χ4n) is 9.67. The van der Waals surface area contributed by atoms with E-state index in [1.165, 1.54) is 124 Å². The molecule has 268 valence electrons. The molecule has 56 heavy (non-hydrogen) atoms. The van der Waals surface area contributed by atoms with Crippen LogP contribution in [-0.4, -0.2) is 0 Å².